The highest BCUT2D eigenvalue weighted by Gasteiger charge is 2.31. The van der Waals surface area contributed by atoms with Crippen LogP contribution in [0.3, 0.4) is 0 Å². The van der Waals surface area contributed by atoms with E-state index in [1.165, 1.54) is 10.7 Å². The highest BCUT2D eigenvalue weighted by Crippen LogP contribution is 2.42. The van der Waals surface area contributed by atoms with Gasteiger partial charge in [-0.25, -0.2) is 4.79 Å². The van der Waals surface area contributed by atoms with E-state index in [1.54, 1.807) is 24.3 Å². The number of phenols is 1. The first kappa shape index (κ1) is 26.2. The summed E-state index contributed by atoms with van der Waals surface area (Å²) in [6.45, 7) is 8.80. The number of aryl methyl sites for hydroxylation is 1. The number of hydrogen-bond donors (Lipinski definition) is 3. The van der Waals surface area contributed by atoms with Crippen LogP contribution >= 0.6 is 0 Å². The predicted octanol–water partition coefficient (Wildman–Crippen LogP) is 6.75. The number of nitrogens with zero attached hydrogens (tertiary/aromatic N) is 2. The molecule has 0 radical (unpaired) electrons. The molecule has 7 heteroatoms. The van der Waals surface area contributed by atoms with E-state index < -0.39 is 0 Å². The lowest BCUT2D eigenvalue weighted by molar-refractivity contribution is 0.102. The smallest absolute Gasteiger partial charge is 0.342 e. The van der Waals surface area contributed by atoms with E-state index in [9.17, 15) is 14.7 Å². The molecule has 39 heavy (non-hydrogen) atoms. The Labute approximate surface area is 228 Å². The molecule has 1 aliphatic carbocycles. The van der Waals surface area contributed by atoms with Crippen LogP contribution in [0.1, 0.15) is 72.3 Å². The number of nitrogens with one attached hydrogen (secondary N) is 2. The van der Waals surface area contributed by atoms with E-state index >= 15 is 0 Å². The van der Waals surface area contributed by atoms with Crippen molar-refractivity contribution in [2.24, 2.45) is 0 Å². The van der Waals surface area contributed by atoms with Gasteiger partial charge in [0.05, 0.1) is 11.4 Å². The van der Waals surface area contributed by atoms with E-state index in [4.69, 9.17) is 0 Å². The third kappa shape index (κ3) is 5.87. The van der Waals surface area contributed by atoms with Gasteiger partial charge in [0.2, 0.25) is 0 Å². The van der Waals surface area contributed by atoms with Gasteiger partial charge in [0.15, 0.2) is 0 Å². The van der Waals surface area contributed by atoms with Crippen LogP contribution in [0.5, 0.6) is 5.75 Å². The minimum Gasteiger partial charge on any atom is -0.507 e. The summed E-state index contributed by atoms with van der Waals surface area (Å²) in [5, 5.41) is 21.2. The van der Waals surface area contributed by atoms with Crippen molar-refractivity contribution < 1.29 is 14.7 Å². The van der Waals surface area contributed by atoms with Crippen molar-refractivity contribution in [1.29, 1.82) is 0 Å². The molecular formula is C32H34N4O3. The van der Waals surface area contributed by atoms with Crippen LogP contribution in [0.4, 0.5) is 10.5 Å². The van der Waals surface area contributed by atoms with Crippen LogP contribution < -0.4 is 10.6 Å². The molecular weight excluding hydrogens is 488 g/mol. The summed E-state index contributed by atoms with van der Waals surface area (Å²) >= 11 is 0. The van der Waals surface area contributed by atoms with E-state index in [0.717, 1.165) is 35.2 Å². The first-order valence-corrected chi connectivity index (χ1v) is 13.3. The number of rotatable bonds is 6. The number of aromatic nitrogens is 2. The van der Waals surface area contributed by atoms with Crippen LogP contribution in [0.25, 0.3) is 11.3 Å². The van der Waals surface area contributed by atoms with Crippen LogP contribution in [-0.4, -0.2) is 26.8 Å². The number of amides is 2. The van der Waals surface area contributed by atoms with Gasteiger partial charge >= 0.3 is 6.03 Å². The second-order valence-electron chi connectivity index (χ2n) is 11.2. The average molecular weight is 523 g/mol. The summed E-state index contributed by atoms with van der Waals surface area (Å²) in [5.74, 6) is -0.00253. The fourth-order valence-corrected chi connectivity index (χ4v) is 4.56. The number of anilines is 1. The summed E-state index contributed by atoms with van der Waals surface area (Å²) < 4.78 is 1.42. The molecule has 3 aromatic carbocycles. The van der Waals surface area contributed by atoms with E-state index in [-0.39, 0.29) is 29.0 Å². The van der Waals surface area contributed by atoms with Gasteiger partial charge in [-0.3, -0.25) is 4.79 Å². The van der Waals surface area contributed by atoms with Gasteiger partial charge in [-0.05, 0) is 72.2 Å². The Morgan fingerprint density at radius 1 is 1.00 bits per heavy atom. The summed E-state index contributed by atoms with van der Waals surface area (Å²) in [6.07, 6.45) is 2.01. The van der Waals surface area contributed by atoms with Crippen LogP contribution in [0, 0.1) is 6.92 Å². The standard InChI is InChI=1S/C32H34N4O3/c1-20-7-5-6-8-23(20)19-33-31(39)36-28(21-9-10-21)18-27(35-36)26-16-15-25(17-29(26)37)34-30(38)22-11-13-24(14-12-22)32(2,3)4/h5-8,11-18,21,37H,9-10,19H2,1-4H3,(H,33,39)(H,34,38). The largest absolute Gasteiger partial charge is 0.507 e. The van der Waals surface area contributed by atoms with Gasteiger partial charge in [-0.1, -0.05) is 57.2 Å². The molecule has 0 spiro atoms. The highest BCUT2D eigenvalue weighted by atomic mass is 16.3. The highest BCUT2D eigenvalue weighted by molar-refractivity contribution is 6.04. The molecule has 0 unspecified atom stereocenters. The SMILES string of the molecule is Cc1ccccc1CNC(=O)n1nc(-c2ccc(NC(=O)c3ccc(C(C)(C)C)cc3)cc2O)cc1C1CC1. The number of hydrogen-bond acceptors (Lipinski definition) is 4. The van der Waals surface area contributed by atoms with Gasteiger partial charge < -0.3 is 15.7 Å². The average Bonchev–Trinajstić information content (AvgIpc) is 3.66. The second kappa shape index (κ2) is 10.4. The molecule has 2 amide bonds. The van der Waals surface area contributed by atoms with E-state index in [0.29, 0.717) is 29.1 Å². The maximum Gasteiger partial charge on any atom is 0.342 e. The molecule has 1 saturated carbocycles. The molecule has 1 aliphatic rings. The lowest BCUT2D eigenvalue weighted by Gasteiger charge is -2.19. The number of carbonyl (C=O) groups excluding carboxylic acids is 2. The number of carbonyl (C=O) groups is 2. The number of aromatic hydroxyl groups is 1. The summed E-state index contributed by atoms with van der Waals surface area (Å²) in [4.78, 5) is 25.9. The Bertz CT molecular complexity index is 1530. The zero-order chi connectivity index (χ0) is 27.7. The van der Waals surface area contributed by atoms with Gasteiger partial charge in [-0.15, -0.1) is 0 Å². The number of phenolic OH excluding ortho intramolecular Hbond substituents is 1. The third-order valence-corrected chi connectivity index (χ3v) is 7.16. The predicted molar refractivity (Wildman–Crippen MR) is 153 cm³/mol. The summed E-state index contributed by atoms with van der Waals surface area (Å²) in [7, 11) is 0. The monoisotopic (exact) mass is 522 g/mol. The quantitative estimate of drug-likeness (QED) is 0.261. The molecule has 1 fully saturated rings. The molecule has 0 bridgehead atoms. The maximum absolute atomic E-state index is 13.1. The minimum atomic E-state index is -0.299. The van der Waals surface area contributed by atoms with Crippen LogP contribution in [-0.2, 0) is 12.0 Å². The van der Waals surface area contributed by atoms with Crippen molar-refractivity contribution >= 4 is 17.6 Å². The third-order valence-electron chi connectivity index (χ3n) is 7.16. The lowest BCUT2D eigenvalue weighted by Crippen LogP contribution is -2.30. The molecule has 200 valence electrons. The number of benzene rings is 3. The Balaban J connectivity index is 1.32. The minimum absolute atomic E-state index is 0.00456. The van der Waals surface area contributed by atoms with E-state index in [1.807, 2.05) is 49.4 Å². The first-order valence-electron chi connectivity index (χ1n) is 13.3. The van der Waals surface area contributed by atoms with Crippen molar-refractivity contribution in [3.8, 4) is 17.0 Å². The summed E-state index contributed by atoms with van der Waals surface area (Å²) in [6, 6.07) is 22.0. The molecule has 0 atom stereocenters. The second-order valence-corrected chi connectivity index (χ2v) is 11.2. The van der Waals surface area contributed by atoms with Gasteiger partial charge in [-0.2, -0.15) is 9.78 Å². The van der Waals surface area contributed by atoms with Gasteiger partial charge in [0.25, 0.3) is 5.91 Å². The Hall–Kier alpha value is -4.39. The Morgan fingerprint density at radius 3 is 2.36 bits per heavy atom. The first-order chi connectivity index (χ1) is 18.6. The molecule has 1 heterocycles. The van der Waals surface area contributed by atoms with Gasteiger partial charge in [0, 0.05) is 35.3 Å². The zero-order valence-corrected chi connectivity index (χ0v) is 22.8. The van der Waals surface area contributed by atoms with Crippen molar-refractivity contribution in [3.05, 3.63) is 101 Å². The van der Waals surface area contributed by atoms with Crippen molar-refractivity contribution in [2.45, 2.75) is 58.4 Å². The molecule has 0 aliphatic heterocycles. The fourth-order valence-electron chi connectivity index (χ4n) is 4.56. The van der Waals surface area contributed by atoms with Crippen molar-refractivity contribution in [3.63, 3.8) is 0 Å². The van der Waals surface area contributed by atoms with Crippen LogP contribution in [0.15, 0.2) is 72.8 Å². The van der Waals surface area contributed by atoms with Crippen LogP contribution in [0.2, 0.25) is 0 Å². The van der Waals surface area contributed by atoms with Crippen molar-refractivity contribution in [1.82, 2.24) is 15.1 Å². The fraction of sp³-hybridized carbons (Fsp3) is 0.281. The molecule has 7 nitrogen and oxygen atoms in total. The van der Waals surface area contributed by atoms with Gasteiger partial charge in [0.1, 0.15) is 5.75 Å². The zero-order valence-electron chi connectivity index (χ0n) is 22.8. The lowest BCUT2D eigenvalue weighted by atomic mass is 9.87. The molecule has 3 N–H and O–H groups in total. The summed E-state index contributed by atoms with van der Waals surface area (Å²) in [5.41, 5.74) is 6.16. The maximum atomic E-state index is 13.1. The molecule has 0 saturated heterocycles. The molecule has 1 aromatic heterocycles. The van der Waals surface area contributed by atoms with E-state index in [2.05, 4.69) is 36.5 Å². The Kier molecular flexibility index (Phi) is 7.00. The molecule has 5 rings (SSSR count). The normalized spacial score (nSPS) is 13.2. The molecule has 4 aromatic rings. The topological polar surface area (TPSA) is 96.3 Å². The van der Waals surface area contributed by atoms with Crippen molar-refractivity contribution in [2.75, 3.05) is 5.32 Å². The Morgan fingerprint density at radius 2 is 1.72 bits per heavy atom.